The van der Waals surface area contributed by atoms with E-state index in [2.05, 4.69) is 9.34 Å². The van der Waals surface area contributed by atoms with Gasteiger partial charge in [-0.05, 0) is 30.2 Å². The third-order valence-corrected chi connectivity index (χ3v) is 5.54. The van der Waals surface area contributed by atoms with Gasteiger partial charge in [-0.1, -0.05) is 35.8 Å². The van der Waals surface area contributed by atoms with Crippen LogP contribution in [0.2, 0.25) is 5.02 Å². The molecule has 3 aromatic rings. The molecule has 3 rings (SSSR count). The summed E-state index contributed by atoms with van der Waals surface area (Å²) in [5.74, 6) is -1.50. The molecule has 6 nitrogen and oxygen atoms in total. The van der Waals surface area contributed by atoms with Gasteiger partial charge in [-0.15, -0.1) is 0 Å². The molecule has 0 radical (unpaired) electrons. The summed E-state index contributed by atoms with van der Waals surface area (Å²) in [4.78, 5) is 10.7. The molecule has 0 fully saturated rings. The van der Waals surface area contributed by atoms with Gasteiger partial charge in [0.15, 0.2) is 5.58 Å². The van der Waals surface area contributed by atoms with Crippen molar-refractivity contribution in [3.8, 4) is 11.3 Å². The van der Waals surface area contributed by atoms with Gasteiger partial charge >= 0.3 is 16.1 Å². The lowest BCUT2D eigenvalue weighted by Gasteiger charge is -2.09. The van der Waals surface area contributed by atoms with Crippen molar-refractivity contribution in [1.82, 2.24) is 5.16 Å². The Labute approximate surface area is 153 Å². The molecule has 0 spiro atoms. The molecule has 0 unspecified atom stereocenters. The van der Waals surface area contributed by atoms with E-state index < -0.39 is 26.8 Å². The lowest BCUT2D eigenvalue weighted by molar-refractivity contribution is -0.131. The van der Waals surface area contributed by atoms with Crippen LogP contribution in [-0.2, 0) is 25.5 Å². The Morgan fingerprint density at radius 2 is 2.04 bits per heavy atom. The maximum absolute atomic E-state index is 14.2. The third kappa shape index (κ3) is 3.06. The first-order valence-electron chi connectivity index (χ1n) is 7.57. The predicted molar refractivity (Wildman–Crippen MR) is 92.7 cm³/mol. The van der Waals surface area contributed by atoms with Gasteiger partial charge in [-0.2, -0.15) is 8.42 Å². The molecule has 0 amide bonds. The first-order valence-corrected chi connectivity index (χ1v) is 9.35. The van der Waals surface area contributed by atoms with Gasteiger partial charge in [0, 0.05) is 12.5 Å². The number of carbonyl (C=O) groups excluding carboxylic acids is 1. The van der Waals surface area contributed by atoms with E-state index in [0.717, 1.165) is 6.92 Å². The lowest BCUT2D eigenvalue weighted by Crippen LogP contribution is -2.11. The highest BCUT2D eigenvalue weighted by Gasteiger charge is 2.28. The molecule has 0 saturated heterocycles. The van der Waals surface area contributed by atoms with Gasteiger partial charge in [-0.3, -0.25) is 4.79 Å². The second-order valence-electron chi connectivity index (χ2n) is 5.45. The van der Waals surface area contributed by atoms with E-state index in [4.69, 9.17) is 16.1 Å². The number of halogens is 2. The molecule has 0 aliphatic rings. The molecular formula is C17H13ClFNO5S. The smallest absolute Gasteiger partial charge is 0.343 e. The summed E-state index contributed by atoms with van der Waals surface area (Å²) in [7, 11) is -4.42. The topological polar surface area (TPSA) is 86.5 Å². The lowest BCUT2D eigenvalue weighted by atomic mass is 10.0. The fraction of sp³-hybridized carbons (Fsp3) is 0.176. The number of nitrogens with zero attached hydrogens (tertiary/aromatic N) is 1. The van der Waals surface area contributed by atoms with Crippen molar-refractivity contribution in [2.75, 3.05) is 0 Å². The van der Waals surface area contributed by atoms with Gasteiger partial charge in [0.1, 0.15) is 21.4 Å². The zero-order valence-corrected chi connectivity index (χ0v) is 15.3. The Morgan fingerprint density at radius 3 is 2.65 bits per heavy atom. The minimum atomic E-state index is -4.42. The molecule has 26 heavy (non-hydrogen) atoms. The van der Waals surface area contributed by atoms with E-state index in [1.807, 2.05) is 0 Å². The van der Waals surface area contributed by atoms with Crippen LogP contribution in [0.4, 0.5) is 4.39 Å². The van der Waals surface area contributed by atoms with E-state index in [0.29, 0.717) is 17.4 Å². The number of carbonyl (C=O) groups is 1. The summed E-state index contributed by atoms with van der Waals surface area (Å²) in [6.07, 6.45) is 0.388. The van der Waals surface area contributed by atoms with Crippen LogP contribution in [0.3, 0.4) is 0 Å². The summed E-state index contributed by atoms with van der Waals surface area (Å²) < 4.78 is 48.3. The summed E-state index contributed by atoms with van der Waals surface area (Å²) >= 11 is 6.18. The Hall–Kier alpha value is -2.45. The zero-order valence-electron chi connectivity index (χ0n) is 13.7. The van der Waals surface area contributed by atoms with Crippen LogP contribution in [-0.4, -0.2) is 19.5 Å². The minimum Gasteiger partial charge on any atom is -0.354 e. The van der Waals surface area contributed by atoms with Gasteiger partial charge < -0.3 is 8.71 Å². The number of aryl methyl sites for hydroxylation is 1. The SMILES string of the molecule is CCc1cc(S(=O)(=O)OC(C)=O)c(Cl)c2onc(-c3ccccc3F)c12. The van der Waals surface area contributed by atoms with Crippen molar-refractivity contribution in [1.29, 1.82) is 0 Å². The normalized spacial score (nSPS) is 11.7. The molecule has 2 aromatic carbocycles. The fourth-order valence-electron chi connectivity index (χ4n) is 2.64. The second-order valence-corrected chi connectivity index (χ2v) is 7.34. The molecule has 136 valence electrons. The standard InChI is InChI=1S/C17H13ClFNO5S/c1-3-10-8-13(26(22,23)25-9(2)21)15(18)17-14(10)16(20-24-17)11-6-4-5-7-12(11)19/h4-8H,3H2,1-2H3. The van der Waals surface area contributed by atoms with E-state index in [-0.39, 0.29) is 21.9 Å². The molecule has 1 heterocycles. The Morgan fingerprint density at radius 1 is 1.35 bits per heavy atom. The Balaban J connectivity index is 2.33. The minimum absolute atomic E-state index is 0.0185. The summed E-state index contributed by atoms with van der Waals surface area (Å²) in [6, 6.07) is 7.28. The van der Waals surface area contributed by atoms with Crippen LogP contribution in [0.1, 0.15) is 19.4 Å². The predicted octanol–water partition coefficient (Wildman–Crippen LogP) is 4.10. The molecule has 0 atom stereocenters. The molecular weight excluding hydrogens is 385 g/mol. The number of fused-ring (bicyclic) bond motifs is 1. The first kappa shape index (κ1) is 18.3. The Bertz CT molecular complexity index is 1120. The average Bonchev–Trinajstić information content (AvgIpc) is 3.00. The average molecular weight is 398 g/mol. The Kier molecular flexibility index (Phi) is 4.72. The molecule has 0 saturated carbocycles. The van der Waals surface area contributed by atoms with Crippen molar-refractivity contribution in [2.45, 2.75) is 25.2 Å². The molecule has 0 aliphatic carbocycles. The zero-order chi connectivity index (χ0) is 19.1. The largest absolute Gasteiger partial charge is 0.354 e. The van der Waals surface area contributed by atoms with Gasteiger partial charge in [0.05, 0.1) is 5.39 Å². The summed E-state index contributed by atoms with van der Waals surface area (Å²) in [5.41, 5.74) is 0.908. The van der Waals surface area contributed by atoms with Gasteiger partial charge in [0.2, 0.25) is 0 Å². The quantitative estimate of drug-likeness (QED) is 0.616. The van der Waals surface area contributed by atoms with Crippen molar-refractivity contribution < 1.29 is 26.3 Å². The summed E-state index contributed by atoms with van der Waals surface area (Å²) in [6.45, 7) is 2.75. The second kappa shape index (κ2) is 6.69. The highest BCUT2D eigenvalue weighted by molar-refractivity contribution is 7.87. The number of rotatable bonds is 4. The van der Waals surface area contributed by atoms with E-state index >= 15 is 0 Å². The third-order valence-electron chi connectivity index (χ3n) is 3.74. The highest BCUT2D eigenvalue weighted by atomic mass is 35.5. The molecule has 0 aliphatic heterocycles. The van der Waals surface area contributed by atoms with E-state index in [1.165, 1.54) is 18.2 Å². The number of benzene rings is 2. The van der Waals surface area contributed by atoms with E-state index in [1.54, 1.807) is 19.1 Å². The number of aromatic nitrogens is 1. The van der Waals surface area contributed by atoms with Crippen LogP contribution < -0.4 is 0 Å². The molecule has 1 aromatic heterocycles. The molecule has 0 bridgehead atoms. The number of hydrogen-bond donors (Lipinski definition) is 0. The number of hydrogen-bond acceptors (Lipinski definition) is 6. The summed E-state index contributed by atoms with van der Waals surface area (Å²) in [5, 5.41) is 4.00. The monoisotopic (exact) mass is 397 g/mol. The maximum atomic E-state index is 14.2. The first-order chi connectivity index (χ1) is 12.3. The molecule has 9 heteroatoms. The van der Waals surface area contributed by atoms with Crippen LogP contribution in [0.15, 0.2) is 39.8 Å². The molecule has 0 N–H and O–H groups in total. The van der Waals surface area contributed by atoms with Crippen LogP contribution in [0.25, 0.3) is 22.2 Å². The van der Waals surface area contributed by atoms with E-state index in [9.17, 15) is 17.6 Å². The van der Waals surface area contributed by atoms with Crippen molar-refractivity contribution >= 4 is 38.7 Å². The van der Waals surface area contributed by atoms with Crippen LogP contribution in [0.5, 0.6) is 0 Å². The van der Waals surface area contributed by atoms with Crippen LogP contribution >= 0.6 is 11.6 Å². The fourth-order valence-corrected chi connectivity index (χ4v) is 4.11. The van der Waals surface area contributed by atoms with Gasteiger partial charge in [0.25, 0.3) is 0 Å². The van der Waals surface area contributed by atoms with Gasteiger partial charge in [-0.25, -0.2) is 4.39 Å². The maximum Gasteiger partial charge on any atom is 0.343 e. The van der Waals surface area contributed by atoms with Crippen LogP contribution in [0, 0.1) is 5.82 Å². The van der Waals surface area contributed by atoms with Crippen molar-refractivity contribution in [2.24, 2.45) is 0 Å². The highest BCUT2D eigenvalue weighted by Crippen LogP contribution is 2.39. The van der Waals surface area contributed by atoms with Crippen molar-refractivity contribution in [3.63, 3.8) is 0 Å². The van der Waals surface area contributed by atoms with Crippen molar-refractivity contribution in [3.05, 3.63) is 46.7 Å².